The summed E-state index contributed by atoms with van der Waals surface area (Å²) in [6, 6.07) is 9.77. The quantitative estimate of drug-likeness (QED) is 0.295. The van der Waals surface area contributed by atoms with E-state index in [1.807, 2.05) is 0 Å². The van der Waals surface area contributed by atoms with Crippen LogP contribution in [-0.2, 0) is 9.53 Å². The van der Waals surface area contributed by atoms with Crippen molar-refractivity contribution in [3.05, 3.63) is 62.7 Å². The fourth-order valence-electron chi connectivity index (χ4n) is 2.63. The van der Waals surface area contributed by atoms with Crippen LogP contribution in [0, 0.1) is 0 Å². The normalized spacial score (nSPS) is 11.1. The third-order valence-electron chi connectivity index (χ3n) is 3.92. The van der Waals surface area contributed by atoms with E-state index >= 15 is 0 Å². The SMILES string of the molecule is CCOC(=O)c1[nH]c2cc(Cl)ccc2c1/C=N/NC(=O)COc1ccc(Cl)cc1Cl. The predicted octanol–water partition coefficient (Wildman–Crippen LogP) is 4.83. The number of H-pyrrole nitrogens is 1. The maximum absolute atomic E-state index is 12.3. The number of aromatic nitrogens is 1. The second kappa shape index (κ2) is 9.84. The van der Waals surface area contributed by atoms with Gasteiger partial charge in [0.05, 0.1) is 17.8 Å². The highest BCUT2D eigenvalue weighted by atomic mass is 35.5. The average molecular weight is 469 g/mol. The number of benzene rings is 2. The number of nitrogens with one attached hydrogen (secondary N) is 2. The first-order valence-corrected chi connectivity index (χ1v) is 9.90. The second-order valence-corrected chi connectivity index (χ2v) is 7.26. The molecule has 2 N–H and O–H groups in total. The number of halogens is 3. The number of nitrogens with zero attached hydrogens (tertiary/aromatic N) is 1. The zero-order chi connectivity index (χ0) is 21.7. The maximum atomic E-state index is 12.3. The topological polar surface area (TPSA) is 92.8 Å². The largest absolute Gasteiger partial charge is 0.482 e. The second-order valence-electron chi connectivity index (χ2n) is 5.98. The Labute approximate surface area is 186 Å². The minimum absolute atomic E-state index is 0.205. The van der Waals surface area contributed by atoms with Crippen LogP contribution in [0.15, 0.2) is 41.5 Å². The van der Waals surface area contributed by atoms with Crippen molar-refractivity contribution in [2.75, 3.05) is 13.2 Å². The molecule has 156 valence electrons. The van der Waals surface area contributed by atoms with Gasteiger partial charge in [0.2, 0.25) is 0 Å². The highest BCUT2D eigenvalue weighted by molar-refractivity contribution is 6.35. The summed E-state index contributed by atoms with van der Waals surface area (Å²) >= 11 is 17.8. The van der Waals surface area contributed by atoms with E-state index in [1.165, 1.54) is 12.3 Å². The summed E-state index contributed by atoms with van der Waals surface area (Å²) in [7, 11) is 0. The van der Waals surface area contributed by atoms with Crippen LogP contribution in [0.3, 0.4) is 0 Å². The van der Waals surface area contributed by atoms with E-state index in [4.69, 9.17) is 44.3 Å². The Morgan fingerprint density at radius 2 is 1.87 bits per heavy atom. The van der Waals surface area contributed by atoms with Crippen LogP contribution in [0.2, 0.25) is 15.1 Å². The molecule has 7 nitrogen and oxygen atoms in total. The third kappa shape index (κ3) is 5.24. The fraction of sp³-hybridized carbons (Fsp3) is 0.150. The highest BCUT2D eigenvalue weighted by Crippen LogP contribution is 2.27. The number of rotatable bonds is 7. The Hall–Kier alpha value is -2.74. The summed E-state index contributed by atoms with van der Waals surface area (Å²) in [6.07, 6.45) is 1.35. The lowest BCUT2D eigenvalue weighted by Gasteiger charge is -2.07. The number of fused-ring (bicyclic) bond motifs is 1. The van der Waals surface area contributed by atoms with Gasteiger partial charge in [-0.2, -0.15) is 5.10 Å². The number of hydrazone groups is 1. The summed E-state index contributed by atoms with van der Waals surface area (Å²) in [5, 5.41) is 5.87. The molecule has 3 aromatic rings. The minimum atomic E-state index is -0.543. The molecule has 2 aromatic carbocycles. The van der Waals surface area contributed by atoms with E-state index in [1.54, 1.807) is 37.3 Å². The van der Waals surface area contributed by atoms with Gasteiger partial charge in [0, 0.05) is 26.5 Å². The molecule has 0 saturated carbocycles. The molecule has 1 amide bonds. The van der Waals surface area contributed by atoms with Gasteiger partial charge in [-0.15, -0.1) is 0 Å². The molecule has 10 heteroatoms. The standard InChI is InChI=1S/C20H16Cl3N3O4/c1-2-29-20(28)19-14(13-5-3-12(22)8-16(13)25-19)9-24-26-18(27)10-30-17-6-4-11(21)7-15(17)23/h3-9,25H,2,10H2,1H3,(H,26,27)/b24-9+. The van der Waals surface area contributed by atoms with E-state index in [-0.39, 0.29) is 23.9 Å². The molecule has 0 spiro atoms. The predicted molar refractivity (Wildman–Crippen MR) is 117 cm³/mol. The first-order valence-electron chi connectivity index (χ1n) is 8.77. The van der Waals surface area contributed by atoms with Gasteiger partial charge in [0.25, 0.3) is 5.91 Å². The van der Waals surface area contributed by atoms with Crippen LogP contribution >= 0.6 is 34.8 Å². The Morgan fingerprint density at radius 3 is 2.60 bits per heavy atom. The van der Waals surface area contributed by atoms with Crippen molar-refractivity contribution in [1.29, 1.82) is 0 Å². The lowest BCUT2D eigenvalue weighted by molar-refractivity contribution is -0.123. The summed E-state index contributed by atoms with van der Waals surface area (Å²) in [4.78, 5) is 27.2. The van der Waals surface area contributed by atoms with E-state index in [9.17, 15) is 9.59 Å². The molecule has 0 aliphatic heterocycles. The molecule has 1 heterocycles. The van der Waals surface area contributed by atoms with Gasteiger partial charge in [-0.25, -0.2) is 10.2 Å². The van der Waals surface area contributed by atoms with Crippen molar-refractivity contribution in [2.45, 2.75) is 6.92 Å². The Kier molecular flexibility index (Phi) is 7.20. The van der Waals surface area contributed by atoms with Gasteiger partial charge >= 0.3 is 5.97 Å². The van der Waals surface area contributed by atoms with E-state index in [0.717, 1.165) is 0 Å². The summed E-state index contributed by atoms with van der Waals surface area (Å²) < 4.78 is 10.4. The van der Waals surface area contributed by atoms with Crippen molar-refractivity contribution >= 4 is 63.8 Å². The minimum Gasteiger partial charge on any atom is -0.482 e. The summed E-state index contributed by atoms with van der Waals surface area (Å²) in [5.74, 6) is -0.741. The molecule has 0 radical (unpaired) electrons. The Morgan fingerprint density at radius 1 is 1.13 bits per heavy atom. The van der Waals surface area contributed by atoms with Crippen molar-refractivity contribution in [3.63, 3.8) is 0 Å². The number of amides is 1. The van der Waals surface area contributed by atoms with Gasteiger partial charge in [-0.05, 0) is 37.3 Å². The van der Waals surface area contributed by atoms with Crippen molar-refractivity contribution in [1.82, 2.24) is 10.4 Å². The van der Waals surface area contributed by atoms with Crippen LogP contribution in [0.1, 0.15) is 23.0 Å². The van der Waals surface area contributed by atoms with Gasteiger partial charge in [-0.1, -0.05) is 40.9 Å². The smallest absolute Gasteiger partial charge is 0.355 e. The Bertz CT molecular complexity index is 1130. The fourth-order valence-corrected chi connectivity index (χ4v) is 3.26. The number of aromatic amines is 1. The lowest BCUT2D eigenvalue weighted by atomic mass is 10.1. The molecule has 0 bridgehead atoms. The molecule has 0 atom stereocenters. The maximum Gasteiger partial charge on any atom is 0.355 e. The first-order chi connectivity index (χ1) is 14.4. The zero-order valence-electron chi connectivity index (χ0n) is 15.7. The molecule has 3 rings (SSSR count). The average Bonchev–Trinajstić information content (AvgIpc) is 3.05. The van der Waals surface area contributed by atoms with Gasteiger partial charge in [0.15, 0.2) is 6.61 Å². The zero-order valence-corrected chi connectivity index (χ0v) is 17.9. The van der Waals surface area contributed by atoms with Crippen molar-refractivity contribution < 1.29 is 19.1 Å². The molecular weight excluding hydrogens is 453 g/mol. The molecule has 0 fully saturated rings. The van der Waals surface area contributed by atoms with Crippen LogP contribution in [0.5, 0.6) is 5.75 Å². The Balaban J connectivity index is 1.72. The molecule has 30 heavy (non-hydrogen) atoms. The van der Waals surface area contributed by atoms with Gasteiger partial charge in [0.1, 0.15) is 11.4 Å². The van der Waals surface area contributed by atoms with Crippen LogP contribution in [-0.4, -0.2) is 36.3 Å². The lowest BCUT2D eigenvalue weighted by Crippen LogP contribution is -2.24. The number of hydrogen-bond acceptors (Lipinski definition) is 5. The molecule has 0 aliphatic rings. The number of ether oxygens (including phenoxy) is 2. The van der Waals surface area contributed by atoms with Gasteiger partial charge in [-0.3, -0.25) is 4.79 Å². The van der Waals surface area contributed by atoms with Crippen LogP contribution in [0.25, 0.3) is 10.9 Å². The van der Waals surface area contributed by atoms with Crippen LogP contribution < -0.4 is 10.2 Å². The number of esters is 1. The summed E-state index contributed by atoms with van der Waals surface area (Å²) in [5.41, 5.74) is 3.64. The number of carbonyl (C=O) groups excluding carboxylic acids is 2. The monoisotopic (exact) mass is 467 g/mol. The highest BCUT2D eigenvalue weighted by Gasteiger charge is 2.18. The van der Waals surface area contributed by atoms with Gasteiger partial charge < -0.3 is 14.5 Å². The van der Waals surface area contributed by atoms with Crippen molar-refractivity contribution in [3.8, 4) is 5.75 Å². The molecule has 0 aliphatic carbocycles. The molecular formula is C20H16Cl3N3O4. The molecule has 1 aromatic heterocycles. The number of hydrogen-bond donors (Lipinski definition) is 2. The first kappa shape index (κ1) is 22.0. The van der Waals surface area contributed by atoms with E-state index in [0.29, 0.717) is 32.3 Å². The number of carbonyl (C=O) groups is 2. The summed E-state index contributed by atoms with van der Waals surface area (Å²) in [6.45, 7) is 1.61. The van der Waals surface area contributed by atoms with E-state index in [2.05, 4.69) is 15.5 Å². The molecule has 0 unspecified atom stereocenters. The van der Waals surface area contributed by atoms with Crippen molar-refractivity contribution in [2.24, 2.45) is 5.10 Å². The third-order valence-corrected chi connectivity index (χ3v) is 4.68. The van der Waals surface area contributed by atoms with E-state index < -0.39 is 11.9 Å². The molecule has 0 saturated heterocycles. The van der Waals surface area contributed by atoms with Crippen LogP contribution in [0.4, 0.5) is 0 Å².